The van der Waals surface area contributed by atoms with Crippen LogP contribution in [-0.2, 0) is 9.59 Å². The molecule has 10 heteroatoms. The molecule has 0 radical (unpaired) electrons. The smallest absolute Gasteiger partial charge is 0.353 e. The highest BCUT2D eigenvalue weighted by Crippen LogP contribution is 2.35. The number of thiophene rings is 1. The monoisotopic (exact) mass is 449 g/mol. The molecule has 0 unspecified atom stereocenters. The summed E-state index contributed by atoms with van der Waals surface area (Å²) in [7, 11) is 0. The highest BCUT2D eigenvalue weighted by molar-refractivity contribution is 8.26. The third-order valence-corrected chi connectivity index (χ3v) is 5.89. The average Bonchev–Trinajstić information content (AvgIpc) is 3.29. The number of hydrogen-bond donors (Lipinski definition) is 1. The van der Waals surface area contributed by atoms with Crippen LogP contribution in [-0.4, -0.2) is 45.3 Å². The topological polar surface area (TPSA) is 93.1 Å². The molecule has 3 rings (SSSR count). The Morgan fingerprint density at radius 1 is 1.28 bits per heavy atom. The number of amides is 1. The largest absolute Gasteiger partial charge is 0.490 e. The number of carbonyl (C=O) groups is 3. The lowest BCUT2D eigenvalue weighted by molar-refractivity contribution is -0.140. The van der Waals surface area contributed by atoms with Crippen molar-refractivity contribution in [3.8, 4) is 11.5 Å². The van der Waals surface area contributed by atoms with Crippen LogP contribution >= 0.6 is 35.3 Å². The van der Waals surface area contributed by atoms with Gasteiger partial charge in [-0.2, -0.15) is 0 Å². The lowest BCUT2D eigenvalue weighted by Gasteiger charge is -2.11. The van der Waals surface area contributed by atoms with Gasteiger partial charge in [0.25, 0.3) is 5.91 Å². The molecule has 1 aromatic heterocycles. The van der Waals surface area contributed by atoms with Gasteiger partial charge >= 0.3 is 11.9 Å². The maximum absolute atomic E-state index is 12.4. The Bertz CT molecular complexity index is 999. The van der Waals surface area contributed by atoms with E-state index in [1.165, 1.54) is 11.3 Å². The van der Waals surface area contributed by atoms with Gasteiger partial charge in [-0.1, -0.05) is 36.1 Å². The van der Waals surface area contributed by atoms with E-state index in [4.69, 9.17) is 26.8 Å². The molecule has 0 atom stereocenters. The molecule has 2 heterocycles. The van der Waals surface area contributed by atoms with Crippen LogP contribution in [0.2, 0.25) is 0 Å². The van der Waals surface area contributed by atoms with E-state index in [9.17, 15) is 14.4 Å². The number of aliphatic carboxylic acids is 1. The number of hydrogen-bond acceptors (Lipinski definition) is 8. The maximum atomic E-state index is 12.4. The zero-order valence-corrected chi connectivity index (χ0v) is 17.6. The number of ether oxygens (including phenoxy) is 2. The van der Waals surface area contributed by atoms with Gasteiger partial charge in [-0.3, -0.25) is 14.5 Å². The predicted octanol–water partition coefficient (Wildman–Crippen LogP) is 3.65. The van der Waals surface area contributed by atoms with Crippen molar-refractivity contribution in [3.63, 3.8) is 0 Å². The number of thioether (sulfide) groups is 1. The van der Waals surface area contributed by atoms with Gasteiger partial charge in [0.15, 0.2) is 11.5 Å². The molecule has 0 bridgehead atoms. The van der Waals surface area contributed by atoms with Crippen LogP contribution in [0.15, 0.2) is 40.6 Å². The molecule has 1 fully saturated rings. The highest BCUT2D eigenvalue weighted by Gasteiger charge is 2.33. The molecular weight excluding hydrogens is 434 g/mol. The van der Waals surface area contributed by atoms with Gasteiger partial charge in [-0.05, 0) is 42.1 Å². The first-order valence-corrected chi connectivity index (χ1v) is 10.5. The van der Waals surface area contributed by atoms with Crippen molar-refractivity contribution in [3.05, 3.63) is 51.1 Å². The van der Waals surface area contributed by atoms with Gasteiger partial charge in [0, 0.05) is 0 Å². The summed E-state index contributed by atoms with van der Waals surface area (Å²) in [6.07, 6.45) is 1.59. The molecule has 0 spiro atoms. The summed E-state index contributed by atoms with van der Waals surface area (Å²) in [5.74, 6) is -1.47. The second-order valence-electron chi connectivity index (χ2n) is 5.67. The van der Waals surface area contributed by atoms with E-state index >= 15 is 0 Å². The molecule has 1 saturated heterocycles. The van der Waals surface area contributed by atoms with Gasteiger partial charge in [0.1, 0.15) is 15.7 Å². The van der Waals surface area contributed by atoms with Gasteiger partial charge < -0.3 is 14.6 Å². The van der Waals surface area contributed by atoms with Crippen LogP contribution in [0.4, 0.5) is 0 Å². The molecule has 1 aromatic carbocycles. The van der Waals surface area contributed by atoms with E-state index in [0.29, 0.717) is 27.7 Å². The van der Waals surface area contributed by atoms with Crippen LogP contribution < -0.4 is 9.47 Å². The lowest BCUT2D eigenvalue weighted by atomic mass is 10.2. The number of esters is 1. The second-order valence-corrected chi connectivity index (χ2v) is 8.29. The van der Waals surface area contributed by atoms with Crippen LogP contribution in [0, 0.1) is 0 Å². The first-order chi connectivity index (χ1) is 13.9. The quantitative estimate of drug-likeness (QED) is 0.296. The molecular formula is C19H15NO6S3. The van der Waals surface area contributed by atoms with E-state index < -0.39 is 24.4 Å². The second kappa shape index (κ2) is 9.21. The zero-order valence-electron chi connectivity index (χ0n) is 15.1. The van der Waals surface area contributed by atoms with Crippen LogP contribution in [0.5, 0.6) is 11.5 Å². The number of nitrogens with zero attached hydrogens (tertiary/aromatic N) is 1. The third-order valence-electron chi connectivity index (χ3n) is 3.66. The Balaban J connectivity index is 1.84. The summed E-state index contributed by atoms with van der Waals surface area (Å²) in [5, 5.41) is 10.7. The Labute approximate surface area is 179 Å². The Hall–Kier alpha value is -2.69. The number of benzene rings is 1. The first-order valence-electron chi connectivity index (χ1n) is 8.38. The van der Waals surface area contributed by atoms with Gasteiger partial charge in [0.2, 0.25) is 0 Å². The fourth-order valence-corrected chi connectivity index (χ4v) is 4.29. The molecule has 29 heavy (non-hydrogen) atoms. The Morgan fingerprint density at radius 3 is 2.72 bits per heavy atom. The minimum absolute atomic E-state index is 0.190. The van der Waals surface area contributed by atoms with Crippen LogP contribution in [0.25, 0.3) is 6.08 Å². The highest BCUT2D eigenvalue weighted by atomic mass is 32.2. The molecule has 1 aliphatic rings. The van der Waals surface area contributed by atoms with Crippen molar-refractivity contribution in [2.75, 3.05) is 13.2 Å². The van der Waals surface area contributed by atoms with Crippen LogP contribution in [0.3, 0.4) is 0 Å². The fraction of sp³-hybridized carbons (Fsp3) is 0.158. The van der Waals surface area contributed by atoms with Gasteiger partial charge in [-0.15, -0.1) is 11.3 Å². The predicted molar refractivity (Wildman–Crippen MR) is 114 cm³/mol. The average molecular weight is 450 g/mol. The number of rotatable bonds is 7. The SMILES string of the molecule is CCOc1cc(/C=C2\SC(=S)N(CC(=O)O)C2=O)ccc1OC(=O)c1cccs1. The summed E-state index contributed by atoms with van der Waals surface area (Å²) in [6, 6.07) is 8.32. The molecule has 1 amide bonds. The third kappa shape index (κ3) is 5.03. The van der Waals surface area contributed by atoms with Crippen molar-refractivity contribution in [1.82, 2.24) is 4.90 Å². The maximum Gasteiger partial charge on any atom is 0.353 e. The Morgan fingerprint density at radius 2 is 2.07 bits per heavy atom. The minimum Gasteiger partial charge on any atom is -0.490 e. The number of thiocarbonyl (C=S) groups is 1. The van der Waals surface area contributed by atoms with E-state index in [-0.39, 0.29) is 10.1 Å². The standard InChI is InChI=1S/C19H15NO6S3/c1-2-25-13-8-11(5-6-12(13)26-18(24)14-4-3-7-28-14)9-15-17(23)20(10-16(21)22)19(27)29-15/h3-9H,2,10H2,1H3,(H,21,22)/b15-9-. The number of carbonyl (C=O) groups excluding carboxylic acids is 2. The molecule has 0 saturated carbocycles. The summed E-state index contributed by atoms with van der Waals surface area (Å²) < 4.78 is 11.2. The van der Waals surface area contributed by atoms with E-state index in [2.05, 4.69) is 0 Å². The molecule has 1 N–H and O–H groups in total. The first kappa shape index (κ1) is 21.0. The molecule has 150 valence electrons. The lowest BCUT2D eigenvalue weighted by Crippen LogP contribution is -2.33. The van der Waals surface area contributed by atoms with E-state index in [0.717, 1.165) is 16.7 Å². The fourth-order valence-electron chi connectivity index (χ4n) is 2.43. The molecule has 1 aliphatic heterocycles. The van der Waals surface area contributed by atoms with Crippen molar-refractivity contribution in [2.24, 2.45) is 0 Å². The molecule has 0 aliphatic carbocycles. The minimum atomic E-state index is -1.14. The van der Waals surface area contributed by atoms with E-state index in [1.807, 2.05) is 0 Å². The van der Waals surface area contributed by atoms with Crippen molar-refractivity contribution in [2.45, 2.75) is 6.92 Å². The summed E-state index contributed by atoms with van der Waals surface area (Å²) in [6.45, 7) is 1.67. The summed E-state index contributed by atoms with van der Waals surface area (Å²) in [4.78, 5) is 37.3. The molecule has 7 nitrogen and oxygen atoms in total. The van der Waals surface area contributed by atoms with Crippen LogP contribution in [0.1, 0.15) is 22.2 Å². The summed E-state index contributed by atoms with van der Waals surface area (Å²) >= 11 is 7.39. The molecule has 2 aromatic rings. The Kier molecular flexibility index (Phi) is 6.68. The summed E-state index contributed by atoms with van der Waals surface area (Å²) in [5.41, 5.74) is 0.625. The van der Waals surface area contributed by atoms with Gasteiger partial charge in [-0.25, -0.2) is 4.79 Å². The number of carboxylic acids is 1. The van der Waals surface area contributed by atoms with E-state index in [1.54, 1.807) is 48.7 Å². The van der Waals surface area contributed by atoms with Crippen molar-refractivity contribution < 1.29 is 29.0 Å². The van der Waals surface area contributed by atoms with Gasteiger partial charge in [0.05, 0.1) is 11.5 Å². The van der Waals surface area contributed by atoms with Crippen molar-refractivity contribution in [1.29, 1.82) is 0 Å². The zero-order chi connectivity index (χ0) is 21.0. The van der Waals surface area contributed by atoms with Crippen molar-refractivity contribution >= 4 is 63.6 Å². The normalized spacial score (nSPS) is 15.1. The number of carboxylic acid groups (broad SMARTS) is 1.